The number of ether oxygens (including phenoxy) is 1. The Hall–Kier alpha value is -3.16. The van der Waals surface area contributed by atoms with Gasteiger partial charge in [0.05, 0.1) is 13.4 Å². The molecular formula is C15H15N5O3. The van der Waals surface area contributed by atoms with Crippen LogP contribution in [0.15, 0.2) is 35.4 Å². The first-order chi connectivity index (χ1) is 11.1. The number of methoxy groups -OCH3 is 1. The van der Waals surface area contributed by atoms with E-state index in [0.717, 1.165) is 0 Å². The summed E-state index contributed by atoms with van der Waals surface area (Å²) in [5.41, 5.74) is 0.709. The van der Waals surface area contributed by atoms with E-state index in [0.29, 0.717) is 23.5 Å². The van der Waals surface area contributed by atoms with Crippen LogP contribution in [0.4, 0.5) is 5.95 Å². The standard InChI is InChI=1S/C15H15N5O3/c1-3-20-8-16-11-12(20)17-15(19-14(11)22)18-13(21)9-4-6-10(23-2)7-5-9/h4-8H,3H2,1-2H3,(H2,17,18,19,21,22). The minimum Gasteiger partial charge on any atom is -0.497 e. The number of fused-ring (bicyclic) bond motifs is 1. The lowest BCUT2D eigenvalue weighted by atomic mass is 10.2. The smallest absolute Gasteiger partial charge is 0.280 e. The molecule has 0 saturated carbocycles. The van der Waals surface area contributed by atoms with E-state index in [9.17, 15) is 9.59 Å². The molecule has 0 atom stereocenters. The number of carbonyl (C=O) groups is 1. The van der Waals surface area contributed by atoms with Crippen molar-refractivity contribution in [2.45, 2.75) is 13.5 Å². The summed E-state index contributed by atoms with van der Waals surface area (Å²) in [6.45, 7) is 2.54. The van der Waals surface area contributed by atoms with Crippen molar-refractivity contribution in [3.8, 4) is 5.75 Å². The number of hydrogen-bond acceptors (Lipinski definition) is 5. The molecule has 8 nitrogen and oxygen atoms in total. The Bertz CT molecular complexity index is 911. The van der Waals surface area contributed by atoms with Gasteiger partial charge < -0.3 is 9.30 Å². The largest absolute Gasteiger partial charge is 0.497 e. The number of amides is 1. The Morgan fingerprint density at radius 2 is 2.09 bits per heavy atom. The van der Waals surface area contributed by atoms with Crippen molar-refractivity contribution in [2.75, 3.05) is 12.4 Å². The highest BCUT2D eigenvalue weighted by Crippen LogP contribution is 2.13. The number of anilines is 1. The normalized spacial score (nSPS) is 10.7. The molecule has 3 rings (SSSR count). The SMILES string of the molecule is CCn1cnc2c(=O)[nH]c(NC(=O)c3ccc(OC)cc3)nc21. The number of hydrogen-bond donors (Lipinski definition) is 2. The molecule has 0 aliphatic heterocycles. The Kier molecular flexibility index (Phi) is 3.80. The molecule has 0 saturated heterocycles. The first-order valence-corrected chi connectivity index (χ1v) is 7.03. The van der Waals surface area contributed by atoms with Gasteiger partial charge in [-0.1, -0.05) is 0 Å². The topological polar surface area (TPSA) is 102 Å². The van der Waals surface area contributed by atoms with Crippen molar-refractivity contribution < 1.29 is 9.53 Å². The van der Waals surface area contributed by atoms with Crippen LogP contribution in [0.25, 0.3) is 11.2 Å². The quantitative estimate of drug-likeness (QED) is 0.758. The van der Waals surface area contributed by atoms with E-state index in [4.69, 9.17) is 4.74 Å². The van der Waals surface area contributed by atoms with E-state index in [1.54, 1.807) is 42.3 Å². The lowest BCUT2D eigenvalue weighted by Gasteiger charge is -2.06. The molecule has 1 aromatic carbocycles. The fourth-order valence-electron chi connectivity index (χ4n) is 2.17. The van der Waals surface area contributed by atoms with Crippen molar-refractivity contribution in [3.63, 3.8) is 0 Å². The predicted molar refractivity (Wildman–Crippen MR) is 84.8 cm³/mol. The number of H-pyrrole nitrogens is 1. The molecule has 23 heavy (non-hydrogen) atoms. The summed E-state index contributed by atoms with van der Waals surface area (Å²) in [6.07, 6.45) is 1.54. The number of aryl methyl sites for hydroxylation is 1. The Morgan fingerprint density at radius 3 is 2.74 bits per heavy atom. The van der Waals surface area contributed by atoms with E-state index in [-0.39, 0.29) is 17.4 Å². The number of rotatable bonds is 4. The van der Waals surface area contributed by atoms with Crippen LogP contribution in [0.3, 0.4) is 0 Å². The minimum atomic E-state index is -0.396. The summed E-state index contributed by atoms with van der Waals surface area (Å²) in [7, 11) is 1.55. The van der Waals surface area contributed by atoms with Gasteiger partial charge in [-0.2, -0.15) is 4.98 Å². The van der Waals surface area contributed by atoms with Crippen LogP contribution in [-0.4, -0.2) is 32.5 Å². The van der Waals surface area contributed by atoms with Crippen molar-refractivity contribution in [1.29, 1.82) is 0 Å². The second kappa shape index (κ2) is 5.91. The van der Waals surface area contributed by atoms with Gasteiger partial charge in [0, 0.05) is 12.1 Å². The maximum atomic E-state index is 12.2. The van der Waals surface area contributed by atoms with Crippen LogP contribution in [0, 0.1) is 0 Å². The van der Waals surface area contributed by atoms with Gasteiger partial charge in [0.15, 0.2) is 11.2 Å². The molecule has 0 radical (unpaired) electrons. The molecule has 0 aliphatic carbocycles. The number of imidazole rings is 1. The number of nitrogens with one attached hydrogen (secondary N) is 2. The van der Waals surface area contributed by atoms with Crippen LogP contribution >= 0.6 is 0 Å². The maximum absolute atomic E-state index is 12.2. The van der Waals surface area contributed by atoms with E-state index >= 15 is 0 Å². The predicted octanol–water partition coefficient (Wildman–Crippen LogP) is 1.40. The van der Waals surface area contributed by atoms with Crippen molar-refractivity contribution in [1.82, 2.24) is 19.5 Å². The van der Waals surface area contributed by atoms with Crippen LogP contribution in [0.1, 0.15) is 17.3 Å². The molecule has 8 heteroatoms. The molecule has 0 unspecified atom stereocenters. The number of aromatic nitrogens is 4. The van der Waals surface area contributed by atoms with Crippen molar-refractivity contribution in [3.05, 3.63) is 46.5 Å². The van der Waals surface area contributed by atoms with E-state index < -0.39 is 5.56 Å². The van der Waals surface area contributed by atoms with Gasteiger partial charge in [-0.15, -0.1) is 0 Å². The Labute approximate surface area is 131 Å². The summed E-state index contributed by atoms with van der Waals surface area (Å²) < 4.78 is 6.78. The molecule has 0 spiro atoms. The zero-order chi connectivity index (χ0) is 16.4. The fourth-order valence-corrected chi connectivity index (χ4v) is 2.17. The average Bonchev–Trinajstić information content (AvgIpc) is 2.98. The first-order valence-electron chi connectivity index (χ1n) is 7.03. The fraction of sp³-hybridized carbons (Fsp3) is 0.200. The van der Waals surface area contributed by atoms with Crippen molar-refractivity contribution in [2.24, 2.45) is 0 Å². The highest BCUT2D eigenvalue weighted by molar-refractivity contribution is 6.03. The van der Waals surface area contributed by atoms with Crippen LogP contribution in [-0.2, 0) is 6.54 Å². The molecule has 2 heterocycles. The van der Waals surface area contributed by atoms with Gasteiger partial charge in [-0.05, 0) is 31.2 Å². The summed E-state index contributed by atoms with van der Waals surface area (Å²) in [5.74, 6) is 0.359. The molecule has 1 amide bonds. The van der Waals surface area contributed by atoms with Gasteiger partial charge in [-0.25, -0.2) is 4.98 Å². The number of carbonyl (C=O) groups excluding carboxylic acids is 1. The number of benzene rings is 1. The molecule has 2 N–H and O–H groups in total. The first kappa shape index (κ1) is 14.8. The van der Waals surface area contributed by atoms with E-state index in [2.05, 4.69) is 20.3 Å². The summed E-state index contributed by atoms with van der Waals surface area (Å²) in [5, 5.41) is 2.58. The third-order valence-corrected chi connectivity index (χ3v) is 3.40. The molecule has 0 fully saturated rings. The highest BCUT2D eigenvalue weighted by Gasteiger charge is 2.12. The average molecular weight is 313 g/mol. The molecular weight excluding hydrogens is 298 g/mol. The summed E-state index contributed by atoms with van der Waals surface area (Å²) in [4.78, 5) is 35.0. The van der Waals surface area contributed by atoms with Gasteiger partial charge in [0.25, 0.3) is 11.5 Å². The summed E-state index contributed by atoms with van der Waals surface area (Å²) in [6, 6.07) is 6.61. The zero-order valence-electron chi connectivity index (χ0n) is 12.7. The second-order valence-corrected chi connectivity index (χ2v) is 4.80. The second-order valence-electron chi connectivity index (χ2n) is 4.80. The molecule has 118 valence electrons. The Morgan fingerprint density at radius 1 is 1.35 bits per heavy atom. The van der Waals surface area contributed by atoms with E-state index in [1.165, 1.54) is 0 Å². The molecule has 0 aliphatic rings. The maximum Gasteiger partial charge on any atom is 0.280 e. The minimum absolute atomic E-state index is 0.0820. The third-order valence-electron chi connectivity index (χ3n) is 3.40. The van der Waals surface area contributed by atoms with Gasteiger partial charge >= 0.3 is 0 Å². The lowest BCUT2D eigenvalue weighted by Crippen LogP contribution is -2.19. The van der Waals surface area contributed by atoms with Gasteiger partial charge in [-0.3, -0.25) is 19.9 Å². The van der Waals surface area contributed by atoms with Gasteiger partial charge in [0.2, 0.25) is 5.95 Å². The molecule has 3 aromatic rings. The highest BCUT2D eigenvalue weighted by atomic mass is 16.5. The zero-order valence-corrected chi connectivity index (χ0v) is 12.7. The number of nitrogens with zero attached hydrogens (tertiary/aromatic N) is 3. The van der Waals surface area contributed by atoms with Crippen LogP contribution in [0.2, 0.25) is 0 Å². The molecule has 2 aromatic heterocycles. The monoisotopic (exact) mass is 313 g/mol. The Balaban J connectivity index is 1.90. The van der Waals surface area contributed by atoms with Crippen molar-refractivity contribution >= 4 is 23.0 Å². The number of aromatic amines is 1. The third kappa shape index (κ3) is 2.78. The molecule has 0 bridgehead atoms. The van der Waals surface area contributed by atoms with E-state index in [1.807, 2.05) is 6.92 Å². The van der Waals surface area contributed by atoms with Gasteiger partial charge in [0.1, 0.15) is 5.75 Å². The van der Waals surface area contributed by atoms with Crippen LogP contribution in [0.5, 0.6) is 5.75 Å². The summed E-state index contributed by atoms with van der Waals surface area (Å²) >= 11 is 0. The van der Waals surface area contributed by atoms with Crippen LogP contribution < -0.4 is 15.6 Å². The lowest BCUT2D eigenvalue weighted by molar-refractivity contribution is 0.102.